The van der Waals surface area contributed by atoms with E-state index in [1.54, 1.807) is 0 Å². The average molecular weight is 296 g/mol. The van der Waals surface area contributed by atoms with Crippen LogP contribution in [0.1, 0.15) is 90.9 Å². The first-order valence-corrected chi connectivity index (χ1v) is 9.02. The molecule has 0 aliphatic heterocycles. The maximum Gasteiger partial charge on any atom is 0.0728 e. The molecule has 1 atom stereocenters. The molecule has 124 valence electrons. The predicted molar refractivity (Wildman–Crippen MR) is 90.4 cm³/mol. The fourth-order valence-electron chi connectivity index (χ4n) is 3.52. The summed E-state index contributed by atoms with van der Waals surface area (Å²) in [5.41, 5.74) is 1.75. The second kappa shape index (κ2) is 10.4. The minimum Gasteiger partial charge on any atom is -0.396 e. The molecule has 0 fully saturated rings. The molecule has 2 heteroatoms. The first kappa shape index (κ1) is 18.7. The monoisotopic (exact) mass is 296 g/mol. The van der Waals surface area contributed by atoms with E-state index in [4.69, 9.17) is 5.11 Å². The lowest BCUT2D eigenvalue weighted by Crippen LogP contribution is -2.24. The molecule has 1 rings (SSSR count). The Bertz CT molecular complexity index is 294. The van der Waals surface area contributed by atoms with Gasteiger partial charge in [0, 0.05) is 6.61 Å². The molecule has 2 nitrogen and oxygen atoms in total. The van der Waals surface area contributed by atoms with Gasteiger partial charge in [-0.25, -0.2) is 0 Å². The summed E-state index contributed by atoms with van der Waals surface area (Å²) in [5, 5.41) is 18.6. The Balaban J connectivity index is 1.97. The number of hydrogen-bond donors (Lipinski definition) is 2. The van der Waals surface area contributed by atoms with Gasteiger partial charge in [-0.15, -0.1) is 0 Å². The number of aliphatic hydroxyl groups excluding tert-OH is 2. The van der Waals surface area contributed by atoms with Gasteiger partial charge in [0.25, 0.3) is 0 Å². The minimum absolute atomic E-state index is 0.220. The molecule has 0 radical (unpaired) electrons. The Morgan fingerprint density at radius 2 is 1.48 bits per heavy atom. The zero-order valence-electron chi connectivity index (χ0n) is 14.2. The van der Waals surface area contributed by atoms with E-state index in [2.05, 4.69) is 19.9 Å². The summed E-state index contributed by atoms with van der Waals surface area (Å²) in [4.78, 5) is 0. The standard InChI is InChI=1S/C19H36O2/c1-19(2)15-17(14-18(21)16-19)12-10-8-6-4-3-5-7-9-11-13-20/h14,18,20-21H,3-13,15-16H2,1-2H3. The minimum atomic E-state index is -0.220. The van der Waals surface area contributed by atoms with E-state index in [0.717, 1.165) is 19.3 Å². The first-order chi connectivity index (χ1) is 10.0. The molecular weight excluding hydrogens is 260 g/mol. The third-order valence-corrected chi connectivity index (χ3v) is 4.55. The molecule has 0 aromatic heterocycles. The summed E-state index contributed by atoms with van der Waals surface area (Å²) in [7, 11) is 0. The third kappa shape index (κ3) is 9.31. The van der Waals surface area contributed by atoms with Crippen LogP contribution in [-0.4, -0.2) is 22.9 Å². The van der Waals surface area contributed by atoms with Gasteiger partial charge in [0.05, 0.1) is 6.10 Å². The van der Waals surface area contributed by atoms with Gasteiger partial charge in [0.1, 0.15) is 0 Å². The first-order valence-electron chi connectivity index (χ1n) is 9.02. The fourth-order valence-corrected chi connectivity index (χ4v) is 3.52. The van der Waals surface area contributed by atoms with Gasteiger partial charge in [-0.3, -0.25) is 0 Å². The molecule has 0 saturated heterocycles. The Morgan fingerprint density at radius 3 is 2.00 bits per heavy atom. The predicted octanol–water partition coefficient (Wildman–Crippen LogP) is 4.99. The van der Waals surface area contributed by atoms with Gasteiger partial charge in [0.2, 0.25) is 0 Å². The maximum absolute atomic E-state index is 9.88. The van der Waals surface area contributed by atoms with Crippen LogP contribution in [0.25, 0.3) is 0 Å². The number of aliphatic hydroxyl groups is 2. The van der Waals surface area contributed by atoms with Crippen LogP contribution in [-0.2, 0) is 0 Å². The molecule has 0 aromatic carbocycles. The van der Waals surface area contributed by atoms with Gasteiger partial charge >= 0.3 is 0 Å². The van der Waals surface area contributed by atoms with Gasteiger partial charge in [0.15, 0.2) is 0 Å². The molecule has 2 N–H and O–H groups in total. The molecule has 0 bridgehead atoms. The Hall–Kier alpha value is -0.340. The van der Waals surface area contributed by atoms with E-state index in [0.29, 0.717) is 6.61 Å². The highest BCUT2D eigenvalue weighted by atomic mass is 16.3. The second-order valence-corrected chi connectivity index (χ2v) is 7.59. The molecular formula is C19H36O2. The molecule has 1 aliphatic carbocycles. The maximum atomic E-state index is 9.88. The van der Waals surface area contributed by atoms with Crippen LogP contribution in [0.2, 0.25) is 0 Å². The van der Waals surface area contributed by atoms with Crippen LogP contribution in [0, 0.1) is 5.41 Å². The summed E-state index contributed by atoms with van der Waals surface area (Å²) in [6.45, 7) is 4.88. The molecule has 0 amide bonds. The Kier molecular flexibility index (Phi) is 9.26. The van der Waals surface area contributed by atoms with E-state index in [-0.39, 0.29) is 11.5 Å². The van der Waals surface area contributed by atoms with Crippen molar-refractivity contribution in [2.75, 3.05) is 6.61 Å². The Labute approximate surface area is 131 Å². The molecule has 0 spiro atoms. The van der Waals surface area contributed by atoms with Crippen LogP contribution in [0.4, 0.5) is 0 Å². The highest BCUT2D eigenvalue weighted by Crippen LogP contribution is 2.37. The SMILES string of the molecule is CC1(C)CC(CCCCCCCCCCCO)=CC(O)C1. The van der Waals surface area contributed by atoms with Crippen molar-refractivity contribution < 1.29 is 10.2 Å². The highest BCUT2D eigenvalue weighted by molar-refractivity contribution is 5.12. The molecule has 1 unspecified atom stereocenters. The van der Waals surface area contributed by atoms with Crippen LogP contribution in [0.3, 0.4) is 0 Å². The smallest absolute Gasteiger partial charge is 0.0728 e. The lowest BCUT2D eigenvalue weighted by Gasteiger charge is -2.32. The summed E-state index contributed by atoms with van der Waals surface area (Å²) in [5.74, 6) is 0. The van der Waals surface area contributed by atoms with Crippen LogP contribution >= 0.6 is 0 Å². The number of rotatable bonds is 11. The molecule has 21 heavy (non-hydrogen) atoms. The van der Waals surface area contributed by atoms with Gasteiger partial charge < -0.3 is 10.2 Å². The van der Waals surface area contributed by atoms with E-state index in [1.807, 2.05) is 0 Å². The summed E-state index contributed by atoms with van der Waals surface area (Å²) in [6, 6.07) is 0. The summed E-state index contributed by atoms with van der Waals surface area (Å²) >= 11 is 0. The fraction of sp³-hybridized carbons (Fsp3) is 0.895. The molecule has 0 heterocycles. The number of hydrogen-bond acceptors (Lipinski definition) is 2. The zero-order valence-corrected chi connectivity index (χ0v) is 14.2. The molecule has 0 aromatic rings. The van der Waals surface area contributed by atoms with Crippen molar-refractivity contribution in [2.24, 2.45) is 5.41 Å². The van der Waals surface area contributed by atoms with Gasteiger partial charge in [-0.2, -0.15) is 0 Å². The zero-order chi connectivity index (χ0) is 15.6. The summed E-state index contributed by atoms with van der Waals surface area (Å²) in [6.07, 6.45) is 16.5. The van der Waals surface area contributed by atoms with E-state index < -0.39 is 0 Å². The number of unbranched alkanes of at least 4 members (excludes halogenated alkanes) is 8. The highest BCUT2D eigenvalue weighted by Gasteiger charge is 2.27. The molecule has 1 aliphatic rings. The van der Waals surface area contributed by atoms with Crippen LogP contribution in [0.5, 0.6) is 0 Å². The van der Waals surface area contributed by atoms with E-state index in [9.17, 15) is 5.11 Å². The van der Waals surface area contributed by atoms with Crippen LogP contribution in [0.15, 0.2) is 11.6 Å². The van der Waals surface area contributed by atoms with Gasteiger partial charge in [-0.05, 0) is 37.5 Å². The van der Waals surface area contributed by atoms with Crippen molar-refractivity contribution in [3.63, 3.8) is 0 Å². The van der Waals surface area contributed by atoms with E-state index >= 15 is 0 Å². The normalized spacial score (nSPS) is 21.3. The molecule has 0 saturated carbocycles. The average Bonchev–Trinajstić information content (AvgIpc) is 2.38. The van der Waals surface area contributed by atoms with Crippen molar-refractivity contribution in [3.8, 4) is 0 Å². The van der Waals surface area contributed by atoms with Crippen LogP contribution < -0.4 is 0 Å². The lowest BCUT2D eigenvalue weighted by molar-refractivity contribution is 0.137. The van der Waals surface area contributed by atoms with Crippen molar-refractivity contribution in [1.82, 2.24) is 0 Å². The summed E-state index contributed by atoms with van der Waals surface area (Å²) < 4.78 is 0. The number of allylic oxidation sites excluding steroid dienone is 1. The third-order valence-electron chi connectivity index (χ3n) is 4.55. The van der Waals surface area contributed by atoms with Crippen molar-refractivity contribution in [1.29, 1.82) is 0 Å². The van der Waals surface area contributed by atoms with E-state index in [1.165, 1.54) is 63.4 Å². The Morgan fingerprint density at radius 1 is 0.952 bits per heavy atom. The topological polar surface area (TPSA) is 40.5 Å². The quantitative estimate of drug-likeness (QED) is 0.416. The lowest BCUT2D eigenvalue weighted by atomic mass is 9.75. The van der Waals surface area contributed by atoms with Crippen molar-refractivity contribution in [3.05, 3.63) is 11.6 Å². The van der Waals surface area contributed by atoms with Gasteiger partial charge in [-0.1, -0.05) is 70.4 Å². The van der Waals surface area contributed by atoms with Crippen molar-refractivity contribution in [2.45, 2.75) is 97.0 Å². The van der Waals surface area contributed by atoms with Crippen molar-refractivity contribution >= 4 is 0 Å². The second-order valence-electron chi connectivity index (χ2n) is 7.59. The largest absolute Gasteiger partial charge is 0.396 e.